The van der Waals surface area contributed by atoms with E-state index in [-0.39, 0.29) is 0 Å². The molecule has 342 valence electrons. The lowest BCUT2D eigenvalue weighted by atomic mass is 9.74. The Morgan fingerprint density at radius 1 is 0.181 bits per heavy atom. The first-order valence-corrected chi connectivity index (χ1v) is 23.5. The van der Waals surface area contributed by atoms with Crippen LogP contribution in [0.3, 0.4) is 0 Å². The van der Waals surface area contributed by atoms with Crippen LogP contribution >= 0.6 is 0 Å². The summed E-state index contributed by atoms with van der Waals surface area (Å²) in [5.74, 6) is 0. The topological polar surface area (TPSA) is 107 Å². The first kappa shape index (κ1) is 41.9. The average Bonchev–Trinajstić information content (AvgIpc) is 4.30. The van der Waals surface area contributed by atoms with Gasteiger partial charge in [0.05, 0.1) is 38.0 Å². The lowest BCUT2D eigenvalue weighted by Crippen LogP contribution is -2.03. The molecule has 0 amide bonds. The van der Waals surface area contributed by atoms with Crippen molar-refractivity contribution in [2.24, 2.45) is 0 Å². The van der Waals surface area contributed by atoms with E-state index in [4.69, 9.17) is 0 Å². The molecule has 0 aliphatic carbocycles. The minimum Gasteiger partial charge on any atom is -0.306 e. The SMILES string of the molecule is c1cn(-c2ccc(-c3c(-c4ccc(-n5ccnc5)cc4)c(-c4ccc(-n5ccnc5)cc4)c(-c4ccc(-n5ccnc5)cc4)c(-c4ccc(-n5ccnc5)cc4)c3-c3ccc(-n4ccnc4)cc3)cc2)cn1. The molecule has 0 saturated heterocycles. The molecule has 0 radical (unpaired) electrons. The molecule has 6 heterocycles. The van der Waals surface area contributed by atoms with Gasteiger partial charge in [-0.2, -0.15) is 0 Å². The van der Waals surface area contributed by atoms with Crippen LogP contribution in [-0.2, 0) is 0 Å². The highest BCUT2D eigenvalue weighted by Crippen LogP contribution is 2.56. The number of rotatable bonds is 12. The third-order valence-corrected chi connectivity index (χ3v) is 13.3. The van der Waals surface area contributed by atoms with Crippen LogP contribution in [0.1, 0.15) is 0 Å². The van der Waals surface area contributed by atoms with Crippen LogP contribution in [0, 0.1) is 0 Å². The van der Waals surface area contributed by atoms with Crippen molar-refractivity contribution < 1.29 is 0 Å². The predicted molar refractivity (Wildman–Crippen MR) is 282 cm³/mol. The summed E-state index contributed by atoms with van der Waals surface area (Å²) in [6.07, 6.45) is 33.7. The van der Waals surface area contributed by atoms with Crippen LogP contribution in [0.2, 0.25) is 0 Å². The molecule has 0 spiro atoms. The van der Waals surface area contributed by atoms with Crippen LogP contribution in [0.5, 0.6) is 0 Å². The molecular formula is C60H42N12. The fourth-order valence-corrected chi connectivity index (χ4v) is 9.75. The number of hydrogen-bond acceptors (Lipinski definition) is 6. The second-order valence-corrected chi connectivity index (χ2v) is 17.4. The van der Waals surface area contributed by atoms with Crippen molar-refractivity contribution in [2.45, 2.75) is 0 Å². The summed E-state index contributed by atoms with van der Waals surface area (Å²) in [6.45, 7) is 0. The van der Waals surface area contributed by atoms with Gasteiger partial charge in [0, 0.05) is 108 Å². The van der Waals surface area contributed by atoms with Gasteiger partial charge in [-0.15, -0.1) is 0 Å². The van der Waals surface area contributed by atoms with E-state index < -0.39 is 0 Å². The lowest BCUT2D eigenvalue weighted by Gasteiger charge is -2.29. The first-order valence-electron chi connectivity index (χ1n) is 23.5. The molecule has 12 nitrogen and oxygen atoms in total. The average molecular weight is 931 g/mol. The molecule has 6 aromatic heterocycles. The summed E-state index contributed by atoms with van der Waals surface area (Å²) in [4.78, 5) is 26.2. The van der Waals surface area contributed by atoms with Gasteiger partial charge in [-0.1, -0.05) is 72.8 Å². The molecule has 7 aromatic carbocycles. The molecule has 0 N–H and O–H groups in total. The van der Waals surface area contributed by atoms with Crippen LogP contribution in [0.15, 0.2) is 258 Å². The van der Waals surface area contributed by atoms with Gasteiger partial charge in [0.2, 0.25) is 0 Å². The lowest BCUT2D eigenvalue weighted by molar-refractivity contribution is 1.06. The zero-order valence-corrected chi connectivity index (χ0v) is 38.6. The smallest absolute Gasteiger partial charge is 0.0991 e. The molecule has 0 aliphatic rings. The third kappa shape index (κ3) is 7.71. The largest absolute Gasteiger partial charge is 0.306 e. The first-order chi connectivity index (χ1) is 35.7. The Labute approximate surface area is 414 Å². The molecule has 0 saturated carbocycles. The fraction of sp³-hybridized carbons (Fsp3) is 0. The Morgan fingerprint density at radius 2 is 0.319 bits per heavy atom. The van der Waals surface area contributed by atoms with Crippen LogP contribution in [0.25, 0.3) is 101 Å². The summed E-state index contributed by atoms with van der Waals surface area (Å²) >= 11 is 0. The zero-order chi connectivity index (χ0) is 47.8. The molecule has 13 rings (SSSR count). The summed E-state index contributed by atoms with van der Waals surface area (Å²) in [5.41, 5.74) is 18.9. The second kappa shape index (κ2) is 18.0. The zero-order valence-electron chi connectivity index (χ0n) is 38.6. The van der Waals surface area contributed by atoms with Crippen LogP contribution in [0.4, 0.5) is 0 Å². The number of nitrogens with zero attached hydrogens (tertiary/aromatic N) is 12. The van der Waals surface area contributed by atoms with E-state index in [0.29, 0.717) is 0 Å². The predicted octanol–water partition coefficient (Wildman–Crippen LogP) is 12.8. The van der Waals surface area contributed by atoms with Gasteiger partial charge < -0.3 is 27.4 Å². The van der Waals surface area contributed by atoms with Crippen molar-refractivity contribution >= 4 is 0 Å². The molecule has 13 aromatic rings. The van der Waals surface area contributed by atoms with Crippen molar-refractivity contribution in [1.29, 1.82) is 0 Å². The van der Waals surface area contributed by atoms with Crippen molar-refractivity contribution in [3.05, 3.63) is 258 Å². The highest BCUT2D eigenvalue weighted by Gasteiger charge is 2.30. The number of benzene rings is 7. The number of hydrogen-bond donors (Lipinski definition) is 0. The van der Waals surface area contributed by atoms with Gasteiger partial charge in [0.15, 0.2) is 0 Å². The normalized spacial score (nSPS) is 11.3. The molecule has 0 fully saturated rings. The Bertz CT molecular complexity index is 3170. The van der Waals surface area contributed by atoms with Gasteiger partial charge in [-0.3, -0.25) is 0 Å². The molecule has 72 heavy (non-hydrogen) atoms. The summed E-state index contributed by atoms with van der Waals surface area (Å²) in [6, 6.07) is 53.1. The summed E-state index contributed by atoms with van der Waals surface area (Å²) in [5, 5.41) is 0. The van der Waals surface area contributed by atoms with Gasteiger partial charge in [0.25, 0.3) is 0 Å². The molecule has 12 heteroatoms. The molecule has 0 atom stereocenters. The minimum atomic E-state index is 1.01. The minimum absolute atomic E-state index is 1.01. The second-order valence-electron chi connectivity index (χ2n) is 17.4. The van der Waals surface area contributed by atoms with E-state index in [0.717, 1.165) is 101 Å². The van der Waals surface area contributed by atoms with Gasteiger partial charge in [-0.05, 0) is 140 Å². The fourth-order valence-electron chi connectivity index (χ4n) is 9.75. The Morgan fingerprint density at radius 3 is 0.431 bits per heavy atom. The summed E-state index contributed by atoms with van der Waals surface area (Å²) < 4.78 is 12.2. The Kier molecular flexibility index (Phi) is 10.5. The van der Waals surface area contributed by atoms with Crippen molar-refractivity contribution in [3.8, 4) is 101 Å². The molecule has 0 aliphatic heterocycles. The molecular weight excluding hydrogens is 889 g/mol. The van der Waals surface area contributed by atoms with Crippen molar-refractivity contribution in [3.63, 3.8) is 0 Å². The third-order valence-electron chi connectivity index (χ3n) is 13.3. The maximum Gasteiger partial charge on any atom is 0.0991 e. The van der Waals surface area contributed by atoms with Gasteiger partial charge in [0.1, 0.15) is 0 Å². The highest BCUT2D eigenvalue weighted by molar-refractivity contribution is 6.15. The molecule has 0 unspecified atom stereocenters. The Hall–Kier alpha value is -10.2. The quantitative estimate of drug-likeness (QED) is 0.121. The standard InChI is InChI=1S/C60H42N12/c1-13-49(67-31-25-61-37-67)14-2-43(1)55-56(44-3-15-50(16-4-44)68-32-26-62-38-68)58(46-7-19-52(20-8-46)70-34-28-64-40-70)60(48-11-23-54(24-12-48)72-36-30-66-42-72)59(47-9-21-53(22-10-47)71-35-29-65-41-71)57(55)45-5-17-51(18-6-45)69-33-27-63-39-69/h1-42H. The van der Waals surface area contributed by atoms with E-state index in [1.54, 1.807) is 37.2 Å². The van der Waals surface area contributed by atoms with Gasteiger partial charge in [-0.25, -0.2) is 29.9 Å². The maximum absolute atomic E-state index is 4.37. The van der Waals surface area contributed by atoms with E-state index in [9.17, 15) is 0 Å². The number of aromatic nitrogens is 12. The number of imidazole rings is 6. The molecule has 0 bridgehead atoms. The maximum atomic E-state index is 4.37. The van der Waals surface area contributed by atoms with Crippen molar-refractivity contribution in [2.75, 3.05) is 0 Å². The van der Waals surface area contributed by atoms with Gasteiger partial charge >= 0.3 is 0 Å². The van der Waals surface area contributed by atoms with E-state index in [1.165, 1.54) is 0 Å². The van der Waals surface area contributed by atoms with Crippen molar-refractivity contribution in [1.82, 2.24) is 57.3 Å². The summed E-state index contributed by atoms with van der Waals surface area (Å²) in [7, 11) is 0. The highest BCUT2D eigenvalue weighted by atomic mass is 15.1. The van der Waals surface area contributed by atoms with E-state index in [2.05, 4.69) is 175 Å². The van der Waals surface area contributed by atoms with Crippen LogP contribution in [-0.4, -0.2) is 57.3 Å². The monoisotopic (exact) mass is 930 g/mol. The van der Waals surface area contributed by atoms with E-state index >= 15 is 0 Å². The van der Waals surface area contributed by atoms with E-state index in [1.807, 2.05) is 103 Å². The Balaban J connectivity index is 1.19. The van der Waals surface area contributed by atoms with Crippen LogP contribution < -0.4 is 0 Å².